The number of hydrogen-bond donors (Lipinski definition) is 1. The van der Waals surface area contributed by atoms with Crippen LogP contribution in [-0.4, -0.2) is 24.2 Å². The van der Waals surface area contributed by atoms with Gasteiger partial charge in [0.15, 0.2) is 16.7 Å². The van der Waals surface area contributed by atoms with Gasteiger partial charge in [0.1, 0.15) is 12.1 Å². The molecule has 1 N–H and O–H groups in total. The van der Waals surface area contributed by atoms with Gasteiger partial charge in [-0.1, -0.05) is 27.5 Å². The van der Waals surface area contributed by atoms with Crippen LogP contribution in [0.3, 0.4) is 0 Å². The maximum absolute atomic E-state index is 5.94. The number of rotatable bonds is 4. The molecule has 0 saturated heterocycles. The predicted octanol–water partition coefficient (Wildman–Crippen LogP) is 3.65. The molecule has 0 atom stereocenters. The summed E-state index contributed by atoms with van der Waals surface area (Å²) >= 11 is 9.34. The molecule has 1 aromatic carbocycles. The molecule has 0 amide bonds. The van der Waals surface area contributed by atoms with Crippen molar-refractivity contribution in [2.45, 2.75) is 0 Å². The third-order valence-corrected chi connectivity index (χ3v) is 3.06. The van der Waals surface area contributed by atoms with Crippen LogP contribution in [0.4, 0.5) is 11.5 Å². The molecule has 100 valence electrons. The van der Waals surface area contributed by atoms with E-state index in [1.165, 1.54) is 13.4 Å². The summed E-state index contributed by atoms with van der Waals surface area (Å²) in [7, 11) is 3.12. The van der Waals surface area contributed by atoms with Crippen LogP contribution in [-0.2, 0) is 0 Å². The van der Waals surface area contributed by atoms with E-state index in [9.17, 15) is 0 Å². The first kappa shape index (κ1) is 13.9. The Morgan fingerprint density at radius 1 is 1.16 bits per heavy atom. The Labute approximate surface area is 124 Å². The highest BCUT2D eigenvalue weighted by Crippen LogP contribution is 2.32. The largest absolute Gasteiger partial charge is 0.497 e. The van der Waals surface area contributed by atoms with Gasteiger partial charge in [-0.05, 0) is 12.1 Å². The van der Waals surface area contributed by atoms with Gasteiger partial charge in [-0.15, -0.1) is 0 Å². The number of methoxy groups -OCH3 is 2. The van der Waals surface area contributed by atoms with Crippen molar-refractivity contribution >= 4 is 39.0 Å². The van der Waals surface area contributed by atoms with Crippen molar-refractivity contribution in [1.29, 1.82) is 0 Å². The van der Waals surface area contributed by atoms with Crippen LogP contribution in [0.25, 0.3) is 0 Å². The molecule has 19 heavy (non-hydrogen) atoms. The minimum absolute atomic E-state index is 0.252. The van der Waals surface area contributed by atoms with Gasteiger partial charge >= 0.3 is 0 Å². The molecule has 1 aromatic heterocycles. The first-order valence-corrected chi connectivity index (χ1v) is 6.47. The molecule has 0 unspecified atom stereocenters. The molecular weight excluding hydrogens is 334 g/mol. The van der Waals surface area contributed by atoms with Gasteiger partial charge in [0.25, 0.3) is 0 Å². The number of ether oxygens (including phenoxy) is 2. The minimum atomic E-state index is 0.252. The lowest BCUT2D eigenvalue weighted by atomic mass is 10.3. The molecule has 1 heterocycles. The topological polar surface area (TPSA) is 56.3 Å². The van der Waals surface area contributed by atoms with Gasteiger partial charge in [0.05, 0.1) is 14.2 Å². The van der Waals surface area contributed by atoms with Crippen molar-refractivity contribution in [1.82, 2.24) is 9.97 Å². The quantitative estimate of drug-likeness (QED) is 0.858. The molecule has 7 heteroatoms. The summed E-state index contributed by atoms with van der Waals surface area (Å²) in [5.74, 6) is 1.60. The summed E-state index contributed by atoms with van der Waals surface area (Å²) in [5, 5.41) is 3.36. The van der Waals surface area contributed by atoms with Gasteiger partial charge in [0, 0.05) is 16.2 Å². The lowest BCUT2D eigenvalue weighted by Gasteiger charge is -2.11. The molecule has 0 radical (unpaired) electrons. The number of hydrogen-bond acceptors (Lipinski definition) is 5. The van der Waals surface area contributed by atoms with Crippen molar-refractivity contribution in [3.8, 4) is 11.5 Å². The number of benzene rings is 1. The highest BCUT2D eigenvalue weighted by atomic mass is 79.9. The van der Waals surface area contributed by atoms with Crippen molar-refractivity contribution in [3.63, 3.8) is 0 Å². The number of nitrogens with one attached hydrogen (secondary N) is 1. The summed E-state index contributed by atoms with van der Waals surface area (Å²) in [4.78, 5) is 7.96. The Morgan fingerprint density at radius 3 is 2.63 bits per heavy atom. The fraction of sp³-hybridized carbons (Fsp3) is 0.167. The van der Waals surface area contributed by atoms with Crippen molar-refractivity contribution in [2.24, 2.45) is 0 Å². The summed E-state index contributed by atoms with van der Waals surface area (Å²) in [5.41, 5.74) is 0.791. The normalized spacial score (nSPS) is 10.1. The Bertz CT molecular complexity index is 595. The molecule has 0 aliphatic carbocycles. The van der Waals surface area contributed by atoms with E-state index in [2.05, 4.69) is 31.2 Å². The van der Waals surface area contributed by atoms with Crippen LogP contribution < -0.4 is 14.8 Å². The van der Waals surface area contributed by atoms with Crippen molar-refractivity contribution in [3.05, 3.63) is 34.2 Å². The Kier molecular flexibility index (Phi) is 4.44. The zero-order valence-corrected chi connectivity index (χ0v) is 12.6. The second-order valence-electron chi connectivity index (χ2n) is 3.55. The fourth-order valence-electron chi connectivity index (χ4n) is 1.51. The number of anilines is 2. The maximum atomic E-state index is 5.94. The van der Waals surface area contributed by atoms with E-state index in [1.807, 2.05) is 18.2 Å². The highest BCUT2D eigenvalue weighted by Gasteiger charge is 2.11. The molecule has 0 aliphatic heterocycles. The monoisotopic (exact) mass is 343 g/mol. The average Bonchev–Trinajstić information content (AvgIpc) is 2.38. The van der Waals surface area contributed by atoms with Crippen LogP contribution in [0, 0.1) is 0 Å². The zero-order valence-electron chi connectivity index (χ0n) is 10.3. The van der Waals surface area contributed by atoms with Crippen LogP contribution in [0.2, 0.25) is 5.15 Å². The lowest BCUT2D eigenvalue weighted by molar-refractivity contribution is 0.413. The Balaban J connectivity index is 2.36. The summed E-state index contributed by atoms with van der Waals surface area (Å²) in [6.07, 6.45) is 1.36. The van der Waals surface area contributed by atoms with E-state index < -0.39 is 0 Å². The van der Waals surface area contributed by atoms with E-state index in [0.717, 1.165) is 15.9 Å². The molecule has 0 aliphatic rings. The molecule has 0 bridgehead atoms. The third-order valence-electron chi connectivity index (χ3n) is 2.33. The molecule has 5 nitrogen and oxygen atoms in total. The highest BCUT2D eigenvalue weighted by molar-refractivity contribution is 9.10. The number of halogens is 2. The smallest absolute Gasteiger partial charge is 0.199 e. The van der Waals surface area contributed by atoms with E-state index >= 15 is 0 Å². The van der Waals surface area contributed by atoms with Crippen LogP contribution in [0.1, 0.15) is 0 Å². The fourth-order valence-corrected chi connectivity index (χ4v) is 2.19. The van der Waals surface area contributed by atoms with Crippen LogP contribution in [0.5, 0.6) is 11.5 Å². The summed E-state index contributed by atoms with van der Waals surface area (Å²) < 4.78 is 11.2. The SMILES string of the molecule is COc1cc(Br)cc(Nc2ncnc(Cl)c2OC)c1. The third kappa shape index (κ3) is 3.27. The predicted molar refractivity (Wildman–Crippen MR) is 77.6 cm³/mol. The average molecular weight is 345 g/mol. The summed E-state index contributed by atoms with van der Waals surface area (Å²) in [6.45, 7) is 0. The molecule has 0 saturated carbocycles. The number of aromatic nitrogens is 2. The van der Waals surface area contributed by atoms with Crippen LogP contribution >= 0.6 is 27.5 Å². The van der Waals surface area contributed by atoms with E-state index in [1.54, 1.807) is 7.11 Å². The van der Waals surface area contributed by atoms with Gasteiger partial charge in [-0.2, -0.15) is 0 Å². The van der Waals surface area contributed by atoms with E-state index in [-0.39, 0.29) is 5.15 Å². The maximum Gasteiger partial charge on any atom is 0.199 e. The molecular formula is C12H11BrClN3O2. The number of nitrogens with zero attached hydrogens (tertiary/aromatic N) is 2. The van der Waals surface area contributed by atoms with Gasteiger partial charge in [-0.25, -0.2) is 9.97 Å². The van der Waals surface area contributed by atoms with Crippen molar-refractivity contribution < 1.29 is 9.47 Å². The molecule has 0 fully saturated rings. The molecule has 2 rings (SSSR count). The van der Waals surface area contributed by atoms with E-state index in [4.69, 9.17) is 21.1 Å². The Hall–Kier alpha value is -1.53. The zero-order chi connectivity index (χ0) is 13.8. The minimum Gasteiger partial charge on any atom is -0.497 e. The molecule has 0 spiro atoms. The van der Waals surface area contributed by atoms with Gasteiger partial charge in [0.2, 0.25) is 0 Å². The summed E-state index contributed by atoms with van der Waals surface area (Å²) in [6, 6.07) is 5.58. The van der Waals surface area contributed by atoms with Gasteiger partial charge < -0.3 is 14.8 Å². The second-order valence-corrected chi connectivity index (χ2v) is 4.82. The van der Waals surface area contributed by atoms with Crippen LogP contribution in [0.15, 0.2) is 29.0 Å². The Morgan fingerprint density at radius 2 is 1.95 bits per heavy atom. The standard InChI is InChI=1S/C12H11BrClN3O2/c1-18-9-4-7(13)3-8(5-9)17-12-10(19-2)11(14)15-6-16-12/h3-6H,1-2H3,(H,15,16,17). The lowest BCUT2D eigenvalue weighted by Crippen LogP contribution is -1.99. The van der Waals surface area contributed by atoms with E-state index in [0.29, 0.717) is 11.6 Å². The van der Waals surface area contributed by atoms with Crippen molar-refractivity contribution in [2.75, 3.05) is 19.5 Å². The second kappa shape index (κ2) is 6.08. The molecule has 2 aromatic rings. The van der Waals surface area contributed by atoms with Gasteiger partial charge in [-0.3, -0.25) is 0 Å². The first-order valence-electron chi connectivity index (χ1n) is 5.30. The first-order chi connectivity index (χ1) is 9.13.